The molecule has 0 aromatic carbocycles. The second kappa shape index (κ2) is 6.50. The van der Waals surface area contributed by atoms with Gasteiger partial charge in [-0.15, -0.1) is 0 Å². The van der Waals surface area contributed by atoms with E-state index >= 15 is 0 Å². The number of carbonyl (C=O) groups excluding carboxylic acids is 1. The normalized spacial score (nSPS) is 25.1. The van der Waals surface area contributed by atoms with E-state index in [0.717, 1.165) is 58.5 Å². The highest BCUT2D eigenvalue weighted by atomic mass is 16.2. The third-order valence-electron chi connectivity index (χ3n) is 4.06. The topological polar surface area (TPSA) is 52.8 Å². The Labute approximate surface area is 110 Å². The first-order chi connectivity index (χ1) is 8.65. The van der Waals surface area contributed by atoms with Crippen LogP contribution >= 0.6 is 0 Å². The van der Waals surface area contributed by atoms with Crippen LogP contribution in [0.15, 0.2) is 0 Å². The van der Waals surface area contributed by atoms with Gasteiger partial charge >= 0.3 is 0 Å². The zero-order valence-corrected chi connectivity index (χ0v) is 11.5. The predicted octanol–water partition coefficient (Wildman–Crippen LogP) is -0.426. The fraction of sp³-hybridized carbons (Fsp3) is 0.923. The highest BCUT2D eigenvalue weighted by Gasteiger charge is 2.22. The SMILES string of the molecule is CN1CCCN(C(=O)CN2CCC(N)CC2)CC1. The first kappa shape index (κ1) is 13.8. The molecule has 0 spiro atoms. The molecule has 1 amide bonds. The Morgan fingerprint density at radius 2 is 1.83 bits per heavy atom. The van der Waals surface area contributed by atoms with Gasteiger partial charge in [0.15, 0.2) is 0 Å². The van der Waals surface area contributed by atoms with Crippen LogP contribution in [0.4, 0.5) is 0 Å². The van der Waals surface area contributed by atoms with Crippen LogP contribution < -0.4 is 5.73 Å². The fourth-order valence-electron chi connectivity index (χ4n) is 2.70. The molecule has 5 nitrogen and oxygen atoms in total. The van der Waals surface area contributed by atoms with Gasteiger partial charge in [0.1, 0.15) is 0 Å². The number of likely N-dealkylation sites (tertiary alicyclic amines) is 1. The van der Waals surface area contributed by atoms with Crippen molar-refractivity contribution in [3.05, 3.63) is 0 Å². The Morgan fingerprint density at radius 1 is 1.11 bits per heavy atom. The molecule has 104 valence electrons. The van der Waals surface area contributed by atoms with Crippen LogP contribution in [0.1, 0.15) is 19.3 Å². The summed E-state index contributed by atoms with van der Waals surface area (Å²) < 4.78 is 0. The molecule has 18 heavy (non-hydrogen) atoms. The van der Waals surface area contributed by atoms with Gasteiger partial charge in [0, 0.05) is 38.8 Å². The number of nitrogens with two attached hydrogens (primary N) is 1. The van der Waals surface area contributed by atoms with Crippen molar-refractivity contribution < 1.29 is 4.79 Å². The first-order valence-corrected chi connectivity index (χ1v) is 7.09. The number of nitrogens with zero attached hydrogens (tertiary/aromatic N) is 3. The van der Waals surface area contributed by atoms with Gasteiger partial charge in [-0.05, 0) is 32.9 Å². The summed E-state index contributed by atoms with van der Waals surface area (Å²) in [4.78, 5) is 18.8. The number of hydrogen-bond acceptors (Lipinski definition) is 4. The minimum absolute atomic E-state index is 0.292. The van der Waals surface area contributed by atoms with Crippen molar-refractivity contribution in [2.24, 2.45) is 5.73 Å². The standard InChI is InChI=1S/C13H26N4O/c1-15-5-2-6-17(10-9-15)13(18)11-16-7-3-12(14)4-8-16/h12H,2-11,14H2,1H3. The summed E-state index contributed by atoms with van der Waals surface area (Å²) in [5.74, 6) is 0.292. The van der Waals surface area contributed by atoms with Crippen molar-refractivity contribution >= 4 is 5.91 Å². The number of hydrogen-bond donors (Lipinski definition) is 1. The Hall–Kier alpha value is -0.650. The van der Waals surface area contributed by atoms with E-state index in [1.807, 2.05) is 4.90 Å². The average molecular weight is 254 g/mol. The van der Waals surface area contributed by atoms with Gasteiger partial charge in [-0.2, -0.15) is 0 Å². The number of likely N-dealkylation sites (N-methyl/N-ethyl adjacent to an activating group) is 1. The number of carbonyl (C=O) groups is 1. The van der Waals surface area contributed by atoms with E-state index in [2.05, 4.69) is 16.8 Å². The Balaban J connectivity index is 1.76. The van der Waals surface area contributed by atoms with Crippen molar-refractivity contribution in [2.45, 2.75) is 25.3 Å². The van der Waals surface area contributed by atoms with E-state index in [0.29, 0.717) is 18.5 Å². The molecule has 2 saturated heterocycles. The highest BCUT2D eigenvalue weighted by molar-refractivity contribution is 5.78. The summed E-state index contributed by atoms with van der Waals surface area (Å²) in [5, 5.41) is 0. The molecule has 0 saturated carbocycles. The van der Waals surface area contributed by atoms with Crippen molar-refractivity contribution in [3.63, 3.8) is 0 Å². The Kier molecular flexibility index (Phi) is 4.97. The number of amides is 1. The summed E-state index contributed by atoms with van der Waals surface area (Å²) in [6, 6.07) is 0.336. The molecule has 2 aliphatic heterocycles. The minimum atomic E-state index is 0.292. The van der Waals surface area contributed by atoms with Gasteiger partial charge in [0.2, 0.25) is 5.91 Å². The van der Waals surface area contributed by atoms with Crippen LogP contribution in [-0.2, 0) is 4.79 Å². The molecule has 0 unspecified atom stereocenters. The highest BCUT2D eigenvalue weighted by Crippen LogP contribution is 2.09. The first-order valence-electron chi connectivity index (χ1n) is 7.09. The molecule has 2 fully saturated rings. The average Bonchev–Trinajstić information content (AvgIpc) is 2.57. The Morgan fingerprint density at radius 3 is 2.56 bits per heavy atom. The van der Waals surface area contributed by atoms with Gasteiger partial charge in [-0.1, -0.05) is 0 Å². The Bertz CT molecular complexity index is 276. The van der Waals surface area contributed by atoms with Crippen molar-refractivity contribution in [1.82, 2.24) is 14.7 Å². The van der Waals surface area contributed by atoms with E-state index in [4.69, 9.17) is 5.73 Å². The zero-order valence-electron chi connectivity index (χ0n) is 11.5. The minimum Gasteiger partial charge on any atom is -0.340 e. The molecule has 0 radical (unpaired) electrons. The quantitative estimate of drug-likeness (QED) is 0.727. The molecule has 2 N–H and O–H groups in total. The van der Waals surface area contributed by atoms with Crippen LogP contribution in [0.5, 0.6) is 0 Å². The lowest BCUT2D eigenvalue weighted by molar-refractivity contribution is -0.132. The molecular formula is C13H26N4O. The van der Waals surface area contributed by atoms with Crippen molar-refractivity contribution in [3.8, 4) is 0 Å². The number of rotatable bonds is 2. The van der Waals surface area contributed by atoms with Crippen molar-refractivity contribution in [1.29, 1.82) is 0 Å². The van der Waals surface area contributed by atoms with E-state index in [9.17, 15) is 4.79 Å². The molecule has 0 aromatic rings. The zero-order chi connectivity index (χ0) is 13.0. The van der Waals surface area contributed by atoms with Gasteiger partial charge in [0.25, 0.3) is 0 Å². The van der Waals surface area contributed by atoms with E-state index in [-0.39, 0.29) is 0 Å². The predicted molar refractivity (Wildman–Crippen MR) is 72.3 cm³/mol. The summed E-state index contributed by atoms with van der Waals surface area (Å²) in [6.07, 6.45) is 3.14. The lowest BCUT2D eigenvalue weighted by atomic mass is 10.1. The molecular weight excluding hydrogens is 228 g/mol. The van der Waals surface area contributed by atoms with Crippen LogP contribution in [-0.4, -0.2) is 79.5 Å². The fourth-order valence-corrected chi connectivity index (χ4v) is 2.70. The number of piperidine rings is 1. The van der Waals surface area contributed by atoms with E-state index in [1.165, 1.54) is 0 Å². The maximum absolute atomic E-state index is 12.2. The van der Waals surface area contributed by atoms with Crippen LogP contribution in [0, 0.1) is 0 Å². The molecule has 2 rings (SSSR count). The van der Waals surface area contributed by atoms with Crippen LogP contribution in [0.25, 0.3) is 0 Å². The summed E-state index contributed by atoms with van der Waals surface area (Å²) in [5.41, 5.74) is 5.88. The molecule has 2 aliphatic rings. The summed E-state index contributed by atoms with van der Waals surface area (Å²) >= 11 is 0. The second-order valence-corrected chi connectivity index (χ2v) is 5.65. The van der Waals surface area contributed by atoms with Crippen LogP contribution in [0.3, 0.4) is 0 Å². The van der Waals surface area contributed by atoms with Gasteiger partial charge < -0.3 is 15.5 Å². The van der Waals surface area contributed by atoms with Gasteiger partial charge in [0.05, 0.1) is 6.54 Å². The molecule has 0 aromatic heterocycles. The van der Waals surface area contributed by atoms with Crippen molar-refractivity contribution in [2.75, 3.05) is 52.9 Å². The van der Waals surface area contributed by atoms with Gasteiger partial charge in [-0.25, -0.2) is 0 Å². The largest absolute Gasteiger partial charge is 0.340 e. The van der Waals surface area contributed by atoms with Gasteiger partial charge in [-0.3, -0.25) is 9.69 Å². The monoisotopic (exact) mass is 254 g/mol. The molecule has 0 atom stereocenters. The lowest BCUT2D eigenvalue weighted by Gasteiger charge is -2.31. The third-order valence-corrected chi connectivity index (χ3v) is 4.06. The third kappa shape index (κ3) is 3.93. The van der Waals surface area contributed by atoms with E-state index in [1.54, 1.807) is 0 Å². The molecule has 2 heterocycles. The second-order valence-electron chi connectivity index (χ2n) is 5.65. The summed E-state index contributed by atoms with van der Waals surface area (Å²) in [6.45, 7) is 6.41. The molecule has 0 aliphatic carbocycles. The molecule has 0 bridgehead atoms. The van der Waals surface area contributed by atoms with Crippen LogP contribution in [0.2, 0.25) is 0 Å². The maximum atomic E-state index is 12.2. The lowest BCUT2D eigenvalue weighted by Crippen LogP contribution is -2.46. The van der Waals surface area contributed by atoms with E-state index < -0.39 is 0 Å². The molecule has 5 heteroatoms. The summed E-state index contributed by atoms with van der Waals surface area (Å²) in [7, 11) is 2.13. The smallest absolute Gasteiger partial charge is 0.236 e. The maximum Gasteiger partial charge on any atom is 0.236 e.